The van der Waals surface area contributed by atoms with Crippen LogP contribution >= 0.6 is 18.9 Å². The molecule has 0 spiro atoms. The van der Waals surface area contributed by atoms with E-state index >= 15 is 4.39 Å². The van der Waals surface area contributed by atoms with E-state index in [1.54, 1.807) is 30.3 Å². The summed E-state index contributed by atoms with van der Waals surface area (Å²) in [6.45, 7) is 2.87. The van der Waals surface area contributed by atoms with Crippen LogP contribution in [0, 0.1) is 17.1 Å². The topological polar surface area (TPSA) is 129 Å². The molecule has 0 bridgehead atoms. The number of nitrogens with zero attached hydrogens (tertiary/aromatic N) is 2. The number of benzene rings is 2. The van der Waals surface area contributed by atoms with Crippen molar-refractivity contribution in [2.75, 3.05) is 32.6 Å². The molecule has 1 aliphatic rings. The molecule has 2 aromatic carbocycles. The number of rotatable bonds is 8. The number of morpholine rings is 1. The van der Waals surface area contributed by atoms with Crippen LogP contribution < -0.4 is 9.25 Å². The SMILES string of the molecule is N#Cc1c(CN2CCOCC2)ccc2sc(S(=O)(=O)NCP(=O)(O)Oc3ccccc3)c(F)c12. The molecule has 180 valence electrons. The summed E-state index contributed by atoms with van der Waals surface area (Å²) < 4.78 is 65.1. The summed E-state index contributed by atoms with van der Waals surface area (Å²) in [6, 6.07) is 13.0. The highest BCUT2D eigenvalue weighted by atomic mass is 32.2. The molecule has 0 saturated carbocycles. The summed E-state index contributed by atoms with van der Waals surface area (Å²) in [7, 11) is -8.90. The number of thiophene rings is 1. The molecule has 4 rings (SSSR count). The number of halogens is 1. The third-order valence-electron chi connectivity index (χ3n) is 5.15. The zero-order valence-electron chi connectivity index (χ0n) is 17.8. The van der Waals surface area contributed by atoms with Gasteiger partial charge in [-0.15, -0.1) is 11.3 Å². The van der Waals surface area contributed by atoms with Gasteiger partial charge in [-0.1, -0.05) is 24.3 Å². The number of hydrogen-bond acceptors (Lipinski definition) is 8. The molecule has 1 aromatic heterocycles. The molecule has 2 heterocycles. The number of para-hydroxylation sites is 1. The first kappa shape index (κ1) is 24.8. The Labute approximate surface area is 199 Å². The van der Waals surface area contributed by atoms with Gasteiger partial charge in [0.15, 0.2) is 10.0 Å². The Morgan fingerprint density at radius 1 is 1.24 bits per heavy atom. The van der Waals surface area contributed by atoms with E-state index in [2.05, 4.69) is 4.90 Å². The lowest BCUT2D eigenvalue weighted by atomic mass is 10.0. The van der Waals surface area contributed by atoms with Crippen LogP contribution in [0.2, 0.25) is 0 Å². The van der Waals surface area contributed by atoms with Gasteiger partial charge in [0.05, 0.1) is 18.8 Å². The molecule has 1 atom stereocenters. The first-order chi connectivity index (χ1) is 16.2. The minimum absolute atomic E-state index is 0.0689. The van der Waals surface area contributed by atoms with E-state index in [1.165, 1.54) is 12.1 Å². The molecule has 1 saturated heterocycles. The van der Waals surface area contributed by atoms with Crippen molar-refractivity contribution in [3.05, 3.63) is 59.4 Å². The van der Waals surface area contributed by atoms with E-state index in [0.29, 0.717) is 49.7 Å². The summed E-state index contributed by atoms with van der Waals surface area (Å²) in [4.78, 5) is 12.1. The van der Waals surface area contributed by atoms with E-state index in [0.717, 1.165) is 0 Å². The number of fused-ring (bicyclic) bond motifs is 1. The molecule has 2 N–H and O–H groups in total. The molecule has 0 aliphatic carbocycles. The monoisotopic (exact) mass is 525 g/mol. The van der Waals surface area contributed by atoms with Crippen molar-refractivity contribution in [1.82, 2.24) is 9.62 Å². The highest BCUT2D eigenvalue weighted by Gasteiger charge is 2.31. The molecule has 0 radical (unpaired) electrons. The van der Waals surface area contributed by atoms with Crippen molar-refractivity contribution in [1.29, 1.82) is 5.26 Å². The van der Waals surface area contributed by atoms with Gasteiger partial charge < -0.3 is 14.2 Å². The Morgan fingerprint density at radius 2 is 1.94 bits per heavy atom. The number of sulfonamides is 1. The lowest BCUT2D eigenvalue weighted by Gasteiger charge is -2.26. The summed E-state index contributed by atoms with van der Waals surface area (Å²) in [5.41, 5.74) is 0.654. The van der Waals surface area contributed by atoms with Gasteiger partial charge in [0.25, 0.3) is 10.0 Å². The summed E-state index contributed by atoms with van der Waals surface area (Å²) in [6.07, 6.45) is -0.953. The quantitative estimate of drug-likeness (QED) is 0.429. The average Bonchev–Trinajstić information content (AvgIpc) is 3.16. The van der Waals surface area contributed by atoms with Crippen LogP contribution in [-0.4, -0.2) is 50.8 Å². The number of nitriles is 1. The summed E-state index contributed by atoms with van der Waals surface area (Å²) in [5, 5.41) is 9.65. The summed E-state index contributed by atoms with van der Waals surface area (Å²) in [5.74, 6) is -0.975. The van der Waals surface area contributed by atoms with Crippen molar-refractivity contribution in [2.45, 2.75) is 10.8 Å². The van der Waals surface area contributed by atoms with E-state index in [4.69, 9.17) is 9.26 Å². The maximum Gasteiger partial charge on any atom is 0.391 e. The third kappa shape index (κ3) is 5.47. The second-order valence-electron chi connectivity index (χ2n) is 7.52. The largest absolute Gasteiger partial charge is 0.424 e. The maximum atomic E-state index is 15.3. The standard InChI is InChI=1S/C21H21FN3O6PS2/c22-20-19-17(12-23)15(13-25-8-10-30-11-9-25)6-7-18(19)33-21(20)34(28,29)24-14-32(26,27)31-16-4-2-1-3-5-16/h1-7,24H,8-11,13-14H2,(H,26,27). The molecule has 0 amide bonds. The van der Waals surface area contributed by atoms with Crippen LogP contribution in [0.4, 0.5) is 4.39 Å². The van der Waals surface area contributed by atoms with E-state index < -0.39 is 33.9 Å². The van der Waals surface area contributed by atoms with Crippen LogP contribution in [0.5, 0.6) is 5.75 Å². The molecule has 13 heteroatoms. The molecule has 34 heavy (non-hydrogen) atoms. The second kappa shape index (κ2) is 10.1. The molecule has 1 unspecified atom stereocenters. The fraction of sp³-hybridized carbons (Fsp3) is 0.286. The van der Waals surface area contributed by atoms with E-state index in [9.17, 15) is 23.1 Å². The molecule has 3 aromatic rings. The molecular weight excluding hydrogens is 504 g/mol. The fourth-order valence-corrected chi connectivity index (χ4v) is 7.54. The lowest BCUT2D eigenvalue weighted by molar-refractivity contribution is 0.0342. The Morgan fingerprint density at radius 3 is 2.62 bits per heavy atom. The average molecular weight is 526 g/mol. The van der Waals surface area contributed by atoms with Crippen molar-refractivity contribution >= 4 is 39.0 Å². The van der Waals surface area contributed by atoms with Crippen LogP contribution in [0.1, 0.15) is 11.1 Å². The van der Waals surface area contributed by atoms with Gasteiger partial charge >= 0.3 is 7.60 Å². The van der Waals surface area contributed by atoms with Gasteiger partial charge in [0, 0.05) is 29.7 Å². The third-order valence-corrected chi connectivity index (χ3v) is 9.45. The van der Waals surface area contributed by atoms with Gasteiger partial charge in [-0.3, -0.25) is 4.90 Å². The highest BCUT2D eigenvalue weighted by Crippen LogP contribution is 2.42. The Kier molecular flexibility index (Phi) is 7.35. The van der Waals surface area contributed by atoms with Crippen LogP contribution in [0.15, 0.2) is 46.7 Å². The van der Waals surface area contributed by atoms with Gasteiger partial charge in [-0.25, -0.2) is 17.4 Å². The van der Waals surface area contributed by atoms with Gasteiger partial charge in [0.1, 0.15) is 18.1 Å². The second-order valence-corrected chi connectivity index (χ2v) is 12.3. The predicted molar refractivity (Wildman–Crippen MR) is 125 cm³/mol. The van der Waals surface area contributed by atoms with Crippen LogP contribution in [-0.2, 0) is 25.9 Å². The van der Waals surface area contributed by atoms with E-state index in [-0.39, 0.29) is 21.4 Å². The smallest absolute Gasteiger partial charge is 0.391 e. The predicted octanol–water partition coefficient (Wildman–Crippen LogP) is 3.24. The zero-order chi connectivity index (χ0) is 24.3. The summed E-state index contributed by atoms with van der Waals surface area (Å²) >= 11 is 0.647. The van der Waals surface area contributed by atoms with Crippen molar-refractivity contribution in [3.63, 3.8) is 0 Å². The Bertz CT molecular complexity index is 1380. The van der Waals surface area contributed by atoms with Crippen molar-refractivity contribution < 1.29 is 31.5 Å². The minimum Gasteiger partial charge on any atom is -0.424 e. The van der Waals surface area contributed by atoms with Crippen LogP contribution in [0.3, 0.4) is 0 Å². The van der Waals surface area contributed by atoms with Gasteiger partial charge in [0.2, 0.25) is 0 Å². The van der Waals surface area contributed by atoms with Crippen molar-refractivity contribution in [3.8, 4) is 11.8 Å². The first-order valence-corrected chi connectivity index (χ1v) is 14.3. The van der Waals surface area contributed by atoms with Gasteiger partial charge in [-0.05, 0) is 23.8 Å². The Hall–Kier alpha value is -2.36. The highest BCUT2D eigenvalue weighted by molar-refractivity contribution is 7.92. The van der Waals surface area contributed by atoms with Gasteiger partial charge in [-0.2, -0.15) is 9.98 Å². The number of nitrogens with one attached hydrogen (secondary N) is 1. The number of ether oxygens (including phenoxy) is 1. The fourth-order valence-electron chi connectivity index (χ4n) is 3.52. The van der Waals surface area contributed by atoms with E-state index in [1.807, 2.05) is 10.8 Å². The molecule has 1 aliphatic heterocycles. The number of hydrogen-bond donors (Lipinski definition) is 2. The normalized spacial score (nSPS) is 16.7. The maximum absolute atomic E-state index is 15.3. The lowest BCUT2D eigenvalue weighted by Crippen LogP contribution is -2.35. The van der Waals surface area contributed by atoms with Crippen LogP contribution in [0.25, 0.3) is 10.1 Å². The Balaban J connectivity index is 1.59. The van der Waals surface area contributed by atoms with Crippen molar-refractivity contribution in [2.24, 2.45) is 0 Å². The first-order valence-electron chi connectivity index (χ1n) is 10.2. The molecular formula is C21H21FN3O6PS2. The zero-order valence-corrected chi connectivity index (χ0v) is 20.3. The molecule has 1 fully saturated rings. The minimum atomic E-state index is -4.50. The molecule has 9 nitrogen and oxygen atoms in total.